The molecule has 1 unspecified atom stereocenters. The van der Waals surface area contributed by atoms with Crippen LogP contribution in [0.2, 0.25) is 0 Å². The Morgan fingerprint density at radius 1 is 1.06 bits per heavy atom. The summed E-state index contributed by atoms with van der Waals surface area (Å²) in [5.74, 6) is -1.95. The smallest absolute Gasteiger partial charge is 0.416 e. The van der Waals surface area contributed by atoms with E-state index in [1.807, 2.05) is 6.07 Å². The molecule has 0 bridgehead atoms. The highest BCUT2D eigenvalue weighted by Gasteiger charge is 2.41. The number of ether oxygens (including phenoxy) is 1. The molecule has 176 valence electrons. The summed E-state index contributed by atoms with van der Waals surface area (Å²) in [6, 6.07) is 11.0. The molecule has 0 N–H and O–H groups in total. The number of carbonyl (C=O) groups is 3. The summed E-state index contributed by atoms with van der Waals surface area (Å²) in [7, 11) is 0. The molecule has 2 aliphatic rings. The summed E-state index contributed by atoms with van der Waals surface area (Å²) in [5, 5.41) is 9.48. The van der Waals surface area contributed by atoms with E-state index in [-0.39, 0.29) is 24.3 Å². The number of hydrogen-bond acceptors (Lipinski definition) is 5. The molecule has 0 saturated carbocycles. The van der Waals surface area contributed by atoms with Gasteiger partial charge in [-0.05, 0) is 48.4 Å². The highest BCUT2D eigenvalue weighted by atomic mass is 19.4. The predicted octanol–water partition coefficient (Wildman–Crippen LogP) is 4.08. The minimum atomic E-state index is -4.58. The summed E-state index contributed by atoms with van der Waals surface area (Å²) in [5.41, 5.74) is 0.132. The second-order valence-corrected chi connectivity index (χ2v) is 7.87. The SMILES string of the molecule is Cc1c(CN2C(=O)C(C#N)CN(c3ccc(N4CCOC4=O)cc3)C2=O)cccc1C(F)(F)F. The topological polar surface area (TPSA) is 93.9 Å². The van der Waals surface area contributed by atoms with Gasteiger partial charge in [0.15, 0.2) is 0 Å². The number of hydrogen-bond donors (Lipinski definition) is 0. The van der Waals surface area contributed by atoms with Gasteiger partial charge in [0.05, 0.1) is 31.3 Å². The zero-order chi connectivity index (χ0) is 24.6. The quantitative estimate of drug-likeness (QED) is 0.669. The van der Waals surface area contributed by atoms with Crippen LogP contribution in [-0.4, -0.2) is 42.6 Å². The highest BCUT2D eigenvalue weighted by molar-refractivity contribution is 6.07. The lowest BCUT2D eigenvalue weighted by Crippen LogP contribution is -2.56. The fourth-order valence-electron chi connectivity index (χ4n) is 4.00. The molecule has 2 aliphatic heterocycles. The lowest BCUT2D eigenvalue weighted by Gasteiger charge is -2.36. The Bertz CT molecular complexity index is 1190. The van der Waals surface area contributed by atoms with E-state index in [4.69, 9.17) is 4.74 Å². The molecule has 0 spiro atoms. The zero-order valence-corrected chi connectivity index (χ0v) is 18.0. The largest absolute Gasteiger partial charge is 0.447 e. The molecule has 0 aliphatic carbocycles. The molecule has 2 fully saturated rings. The van der Waals surface area contributed by atoms with Crippen molar-refractivity contribution in [1.29, 1.82) is 5.26 Å². The molecule has 8 nitrogen and oxygen atoms in total. The number of amides is 4. The van der Waals surface area contributed by atoms with E-state index in [9.17, 15) is 32.8 Å². The Balaban J connectivity index is 1.62. The number of imide groups is 1. The zero-order valence-electron chi connectivity index (χ0n) is 18.0. The van der Waals surface area contributed by atoms with E-state index in [1.54, 1.807) is 24.3 Å². The van der Waals surface area contributed by atoms with Crippen molar-refractivity contribution in [2.75, 3.05) is 29.5 Å². The first kappa shape index (κ1) is 23.1. The van der Waals surface area contributed by atoms with E-state index >= 15 is 0 Å². The molecule has 34 heavy (non-hydrogen) atoms. The van der Waals surface area contributed by atoms with Crippen LogP contribution in [0.25, 0.3) is 0 Å². The number of anilines is 2. The maximum Gasteiger partial charge on any atom is 0.416 e. The van der Waals surface area contributed by atoms with Gasteiger partial charge in [0, 0.05) is 11.4 Å². The van der Waals surface area contributed by atoms with Gasteiger partial charge in [-0.1, -0.05) is 12.1 Å². The Labute approximate surface area is 192 Å². The fraction of sp³-hybridized carbons (Fsp3) is 0.304. The van der Waals surface area contributed by atoms with Crippen LogP contribution in [0.1, 0.15) is 16.7 Å². The minimum Gasteiger partial charge on any atom is -0.447 e. The first-order valence-electron chi connectivity index (χ1n) is 10.3. The summed E-state index contributed by atoms with van der Waals surface area (Å²) in [6.45, 7) is 1.33. The van der Waals surface area contributed by atoms with Crippen LogP contribution in [0.15, 0.2) is 42.5 Å². The van der Waals surface area contributed by atoms with E-state index < -0.39 is 42.2 Å². The lowest BCUT2D eigenvalue weighted by molar-refractivity contribution is -0.138. The molecular formula is C23H19F3N4O4. The van der Waals surface area contributed by atoms with Gasteiger partial charge in [-0.25, -0.2) is 9.59 Å². The van der Waals surface area contributed by atoms with Crippen LogP contribution >= 0.6 is 0 Å². The minimum absolute atomic E-state index is 0.0944. The van der Waals surface area contributed by atoms with Gasteiger partial charge in [0.1, 0.15) is 12.5 Å². The van der Waals surface area contributed by atoms with Crippen LogP contribution in [0, 0.1) is 24.2 Å². The highest BCUT2D eigenvalue weighted by Crippen LogP contribution is 2.34. The molecule has 4 amide bonds. The van der Waals surface area contributed by atoms with Gasteiger partial charge in [-0.3, -0.25) is 19.5 Å². The number of carbonyl (C=O) groups excluding carboxylic acids is 3. The number of nitrogens with zero attached hydrogens (tertiary/aromatic N) is 4. The Kier molecular flexibility index (Phi) is 5.91. The summed E-state index contributed by atoms with van der Waals surface area (Å²) in [6.07, 6.45) is -5.07. The van der Waals surface area contributed by atoms with Crippen molar-refractivity contribution in [1.82, 2.24) is 4.90 Å². The number of cyclic esters (lactones) is 1. The normalized spacial score (nSPS) is 18.9. The molecule has 2 saturated heterocycles. The van der Waals surface area contributed by atoms with Crippen LogP contribution in [0.3, 0.4) is 0 Å². The van der Waals surface area contributed by atoms with Crippen LogP contribution in [-0.2, 0) is 22.3 Å². The van der Waals surface area contributed by atoms with Crippen LogP contribution < -0.4 is 9.80 Å². The van der Waals surface area contributed by atoms with E-state index in [0.717, 1.165) is 11.0 Å². The molecule has 2 heterocycles. The van der Waals surface area contributed by atoms with Crippen LogP contribution in [0.4, 0.5) is 34.1 Å². The third-order valence-corrected chi connectivity index (χ3v) is 5.86. The Morgan fingerprint density at radius 2 is 1.71 bits per heavy atom. The lowest BCUT2D eigenvalue weighted by atomic mass is 10.00. The summed E-state index contributed by atoms with van der Waals surface area (Å²) in [4.78, 5) is 41.2. The third kappa shape index (κ3) is 4.14. The number of alkyl halides is 3. The Morgan fingerprint density at radius 3 is 2.26 bits per heavy atom. The van der Waals surface area contributed by atoms with Gasteiger partial charge < -0.3 is 4.74 Å². The van der Waals surface area contributed by atoms with E-state index in [2.05, 4.69) is 0 Å². The van der Waals surface area contributed by atoms with Crippen molar-refractivity contribution in [3.63, 3.8) is 0 Å². The number of halogens is 3. The maximum atomic E-state index is 13.3. The van der Waals surface area contributed by atoms with Gasteiger partial charge in [0.2, 0.25) is 5.91 Å². The second-order valence-electron chi connectivity index (χ2n) is 7.87. The standard InChI is InChI=1S/C23H19F3N4O4/c1-14-15(3-2-4-19(14)23(24,25)26)12-30-20(31)16(11-27)13-29(21(30)32)18-7-5-17(6-8-18)28-9-10-34-22(28)33/h2-8,16H,9-10,12-13H2,1H3. The Hall–Kier alpha value is -4.07. The van der Waals surface area contributed by atoms with Crippen molar-refractivity contribution < 1.29 is 32.3 Å². The summed E-state index contributed by atoms with van der Waals surface area (Å²) >= 11 is 0. The number of nitriles is 1. The molecule has 2 aromatic carbocycles. The molecular weight excluding hydrogens is 453 g/mol. The number of benzene rings is 2. The first-order chi connectivity index (χ1) is 16.1. The van der Waals surface area contributed by atoms with Crippen molar-refractivity contribution in [3.05, 3.63) is 59.2 Å². The second kappa shape index (κ2) is 8.70. The van der Waals surface area contributed by atoms with Crippen LogP contribution in [0.5, 0.6) is 0 Å². The van der Waals surface area contributed by atoms with Gasteiger partial charge in [0.25, 0.3) is 0 Å². The van der Waals surface area contributed by atoms with E-state index in [0.29, 0.717) is 17.9 Å². The molecule has 0 radical (unpaired) electrons. The molecule has 2 aromatic rings. The van der Waals surface area contributed by atoms with Crippen molar-refractivity contribution >= 4 is 29.4 Å². The third-order valence-electron chi connectivity index (χ3n) is 5.86. The molecule has 4 rings (SSSR count). The first-order valence-corrected chi connectivity index (χ1v) is 10.3. The van der Waals surface area contributed by atoms with Gasteiger partial charge in [-0.15, -0.1) is 0 Å². The fourth-order valence-corrected chi connectivity index (χ4v) is 4.00. The maximum absolute atomic E-state index is 13.3. The predicted molar refractivity (Wildman–Crippen MR) is 114 cm³/mol. The van der Waals surface area contributed by atoms with Gasteiger partial charge >= 0.3 is 18.3 Å². The number of urea groups is 1. The molecule has 11 heteroatoms. The average molecular weight is 472 g/mol. The number of rotatable bonds is 4. The van der Waals surface area contributed by atoms with Crippen molar-refractivity contribution in [2.24, 2.45) is 5.92 Å². The average Bonchev–Trinajstić information content (AvgIpc) is 3.23. The van der Waals surface area contributed by atoms with E-state index in [1.165, 1.54) is 28.9 Å². The van der Waals surface area contributed by atoms with Gasteiger partial charge in [-0.2, -0.15) is 18.4 Å². The molecule has 0 aromatic heterocycles. The molecule has 1 atom stereocenters. The van der Waals surface area contributed by atoms with Crippen molar-refractivity contribution in [3.8, 4) is 6.07 Å². The monoisotopic (exact) mass is 472 g/mol. The van der Waals surface area contributed by atoms with Crippen molar-refractivity contribution in [2.45, 2.75) is 19.6 Å². The summed E-state index contributed by atoms with van der Waals surface area (Å²) < 4.78 is 44.8.